The fourth-order valence-corrected chi connectivity index (χ4v) is 1.50. The van der Waals surface area contributed by atoms with Crippen LogP contribution in [-0.4, -0.2) is 26.8 Å². The summed E-state index contributed by atoms with van der Waals surface area (Å²) in [6, 6.07) is 10.6. The summed E-state index contributed by atoms with van der Waals surface area (Å²) in [5, 5.41) is 2.75. The minimum atomic E-state index is 0.533. The van der Waals surface area contributed by atoms with Crippen LogP contribution in [0.3, 0.4) is 0 Å². The summed E-state index contributed by atoms with van der Waals surface area (Å²) in [6.07, 6.45) is 1.68. The van der Waals surface area contributed by atoms with Crippen molar-refractivity contribution < 1.29 is 4.74 Å². The molecule has 0 aliphatic carbocycles. The third-order valence-electron chi connectivity index (χ3n) is 2.39. The standard InChI is InChI=1S/C11H14O.C2H7N/c1-9(11-8-12-11)7-10-5-3-2-4-6-10;1-3-2/h2-6,9,11H,7-8H2,1H3;3H,1-2H3. The Morgan fingerprint density at radius 2 is 1.87 bits per heavy atom. The number of benzene rings is 1. The highest BCUT2D eigenvalue weighted by atomic mass is 16.6. The number of nitrogens with one attached hydrogen (secondary N) is 1. The normalized spacial score (nSPS) is 20.1. The minimum absolute atomic E-state index is 0.533. The third-order valence-corrected chi connectivity index (χ3v) is 2.39. The van der Waals surface area contributed by atoms with E-state index in [1.807, 2.05) is 14.1 Å². The molecule has 2 heteroatoms. The Morgan fingerprint density at radius 3 is 2.33 bits per heavy atom. The van der Waals surface area contributed by atoms with Gasteiger partial charge in [-0.15, -0.1) is 0 Å². The van der Waals surface area contributed by atoms with Crippen LogP contribution in [0.2, 0.25) is 0 Å². The van der Waals surface area contributed by atoms with Gasteiger partial charge in [0, 0.05) is 0 Å². The number of ether oxygens (including phenoxy) is 1. The fourth-order valence-electron chi connectivity index (χ4n) is 1.50. The van der Waals surface area contributed by atoms with Gasteiger partial charge in [-0.2, -0.15) is 0 Å². The zero-order valence-corrected chi connectivity index (χ0v) is 9.86. The maximum atomic E-state index is 5.24. The summed E-state index contributed by atoms with van der Waals surface area (Å²) in [5.74, 6) is 0.674. The molecule has 1 aliphatic rings. The lowest BCUT2D eigenvalue weighted by atomic mass is 9.99. The minimum Gasteiger partial charge on any atom is -0.373 e. The van der Waals surface area contributed by atoms with Crippen molar-refractivity contribution in [1.82, 2.24) is 5.32 Å². The first-order valence-electron chi connectivity index (χ1n) is 5.52. The lowest BCUT2D eigenvalue weighted by molar-refractivity contribution is 0.341. The molecule has 0 bridgehead atoms. The molecule has 1 aromatic rings. The second kappa shape index (κ2) is 6.59. The molecular formula is C13H21NO. The highest BCUT2D eigenvalue weighted by Gasteiger charge is 2.28. The van der Waals surface area contributed by atoms with Crippen molar-refractivity contribution in [3.8, 4) is 0 Å². The summed E-state index contributed by atoms with van der Waals surface area (Å²) in [4.78, 5) is 0. The van der Waals surface area contributed by atoms with Gasteiger partial charge in [0.2, 0.25) is 0 Å². The predicted molar refractivity (Wildman–Crippen MR) is 64.0 cm³/mol. The van der Waals surface area contributed by atoms with Crippen LogP contribution in [0.4, 0.5) is 0 Å². The largest absolute Gasteiger partial charge is 0.373 e. The van der Waals surface area contributed by atoms with Crippen LogP contribution in [0.5, 0.6) is 0 Å². The first kappa shape index (κ1) is 12.2. The summed E-state index contributed by atoms with van der Waals surface area (Å²) in [5.41, 5.74) is 1.42. The quantitative estimate of drug-likeness (QED) is 0.768. The molecule has 0 radical (unpaired) electrons. The summed E-state index contributed by atoms with van der Waals surface area (Å²) < 4.78 is 5.24. The van der Waals surface area contributed by atoms with E-state index in [9.17, 15) is 0 Å². The van der Waals surface area contributed by atoms with Crippen molar-refractivity contribution in [1.29, 1.82) is 0 Å². The molecule has 1 aliphatic heterocycles. The lowest BCUT2D eigenvalue weighted by Gasteiger charge is -2.06. The molecule has 0 aromatic heterocycles. The Kier molecular flexibility index (Phi) is 5.37. The monoisotopic (exact) mass is 207 g/mol. The third kappa shape index (κ3) is 4.96. The van der Waals surface area contributed by atoms with Gasteiger partial charge in [-0.05, 0) is 32.0 Å². The molecule has 2 rings (SSSR count). The Hall–Kier alpha value is -0.860. The molecular weight excluding hydrogens is 186 g/mol. The van der Waals surface area contributed by atoms with E-state index < -0.39 is 0 Å². The van der Waals surface area contributed by atoms with Gasteiger partial charge in [0.05, 0.1) is 12.7 Å². The van der Waals surface area contributed by atoms with Gasteiger partial charge in [0.25, 0.3) is 0 Å². The first-order valence-corrected chi connectivity index (χ1v) is 5.52. The smallest absolute Gasteiger partial charge is 0.0838 e. The molecule has 0 amide bonds. The van der Waals surface area contributed by atoms with Gasteiger partial charge in [0.15, 0.2) is 0 Å². The van der Waals surface area contributed by atoms with E-state index in [1.54, 1.807) is 0 Å². The van der Waals surface area contributed by atoms with Crippen LogP contribution in [0.1, 0.15) is 12.5 Å². The van der Waals surface area contributed by atoms with Crippen molar-refractivity contribution >= 4 is 0 Å². The summed E-state index contributed by atoms with van der Waals surface area (Å²) >= 11 is 0. The van der Waals surface area contributed by atoms with E-state index in [0.717, 1.165) is 13.0 Å². The topological polar surface area (TPSA) is 24.6 Å². The molecule has 0 saturated carbocycles. The molecule has 2 unspecified atom stereocenters. The van der Waals surface area contributed by atoms with Crippen LogP contribution in [-0.2, 0) is 11.2 Å². The van der Waals surface area contributed by atoms with Crippen LogP contribution in [0, 0.1) is 5.92 Å². The van der Waals surface area contributed by atoms with Crippen LogP contribution >= 0.6 is 0 Å². The van der Waals surface area contributed by atoms with Crippen molar-refractivity contribution in [2.24, 2.45) is 5.92 Å². The Morgan fingerprint density at radius 1 is 1.33 bits per heavy atom. The number of rotatable bonds is 3. The van der Waals surface area contributed by atoms with Crippen molar-refractivity contribution in [2.45, 2.75) is 19.4 Å². The zero-order chi connectivity index (χ0) is 11.1. The van der Waals surface area contributed by atoms with Crippen LogP contribution < -0.4 is 5.32 Å². The zero-order valence-electron chi connectivity index (χ0n) is 9.86. The second-order valence-electron chi connectivity index (χ2n) is 4.04. The Balaban J connectivity index is 0.000000337. The predicted octanol–water partition coefficient (Wildman–Crippen LogP) is 2.10. The molecule has 1 fully saturated rings. The number of hydrogen-bond acceptors (Lipinski definition) is 2. The Bertz CT molecular complexity index is 256. The van der Waals surface area contributed by atoms with E-state index in [-0.39, 0.29) is 0 Å². The molecule has 84 valence electrons. The van der Waals surface area contributed by atoms with Gasteiger partial charge in [0.1, 0.15) is 0 Å². The van der Waals surface area contributed by atoms with E-state index in [2.05, 4.69) is 42.6 Å². The first-order chi connectivity index (χ1) is 7.27. The number of epoxide rings is 1. The molecule has 1 saturated heterocycles. The van der Waals surface area contributed by atoms with Crippen molar-refractivity contribution in [3.05, 3.63) is 35.9 Å². The van der Waals surface area contributed by atoms with Gasteiger partial charge in [-0.1, -0.05) is 37.3 Å². The van der Waals surface area contributed by atoms with E-state index in [1.165, 1.54) is 5.56 Å². The lowest BCUT2D eigenvalue weighted by Crippen LogP contribution is -2.06. The van der Waals surface area contributed by atoms with Gasteiger partial charge in [-0.3, -0.25) is 0 Å². The molecule has 0 spiro atoms. The van der Waals surface area contributed by atoms with Gasteiger partial charge < -0.3 is 10.1 Å². The molecule has 2 nitrogen and oxygen atoms in total. The second-order valence-corrected chi connectivity index (χ2v) is 4.04. The number of hydrogen-bond donors (Lipinski definition) is 1. The molecule has 15 heavy (non-hydrogen) atoms. The van der Waals surface area contributed by atoms with Crippen LogP contribution in [0.25, 0.3) is 0 Å². The maximum Gasteiger partial charge on any atom is 0.0838 e. The Labute approximate surface area is 92.6 Å². The molecule has 1 aromatic carbocycles. The average Bonchev–Trinajstić information content (AvgIpc) is 3.03. The van der Waals surface area contributed by atoms with Crippen molar-refractivity contribution in [3.63, 3.8) is 0 Å². The van der Waals surface area contributed by atoms with Gasteiger partial charge in [-0.25, -0.2) is 0 Å². The summed E-state index contributed by atoms with van der Waals surface area (Å²) in [7, 11) is 3.75. The average molecular weight is 207 g/mol. The summed E-state index contributed by atoms with van der Waals surface area (Å²) in [6.45, 7) is 3.22. The van der Waals surface area contributed by atoms with Gasteiger partial charge >= 0.3 is 0 Å². The maximum absolute atomic E-state index is 5.24. The highest BCUT2D eigenvalue weighted by Crippen LogP contribution is 2.22. The van der Waals surface area contributed by atoms with E-state index in [4.69, 9.17) is 4.74 Å². The molecule has 2 atom stereocenters. The van der Waals surface area contributed by atoms with E-state index in [0.29, 0.717) is 12.0 Å². The van der Waals surface area contributed by atoms with Crippen LogP contribution in [0.15, 0.2) is 30.3 Å². The molecule has 1 N–H and O–H groups in total. The molecule has 1 heterocycles. The fraction of sp³-hybridized carbons (Fsp3) is 0.538. The highest BCUT2D eigenvalue weighted by molar-refractivity contribution is 5.15. The SMILES string of the molecule is CC(Cc1ccccc1)C1CO1.CNC. The van der Waals surface area contributed by atoms with E-state index >= 15 is 0 Å². The van der Waals surface area contributed by atoms with Crippen molar-refractivity contribution in [2.75, 3.05) is 20.7 Å².